The van der Waals surface area contributed by atoms with E-state index in [-0.39, 0.29) is 29.8 Å². The first-order chi connectivity index (χ1) is 17.5. The van der Waals surface area contributed by atoms with Crippen molar-refractivity contribution in [2.45, 2.75) is 71.4 Å². The summed E-state index contributed by atoms with van der Waals surface area (Å²) in [6.45, 7) is 8.63. The van der Waals surface area contributed by atoms with Crippen molar-refractivity contribution in [1.29, 1.82) is 5.26 Å². The number of aryl methyl sites for hydroxylation is 2. The average molecular weight is 515 g/mol. The first-order valence-electron chi connectivity index (χ1n) is 12.6. The smallest absolute Gasteiger partial charge is 0.364 e. The molecule has 1 saturated heterocycles. The van der Waals surface area contributed by atoms with Crippen molar-refractivity contribution >= 4 is 16.7 Å². The molecule has 0 saturated carbocycles. The fourth-order valence-corrected chi connectivity index (χ4v) is 5.67. The van der Waals surface area contributed by atoms with Gasteiger partial charge >= 0.3 is 6.18 Å². The summed E-state index contributed by atoms with van der Waals surface area (Å²) in [5.74, 6) is 0. The fourth-order valence-electron chi connectivity index (χ4n) is 5.67. The van der Waals surface area contributed by atoms with E-state index in [0.29, 0.717) is 35.4 Å². The largest absolute Gasteiger partial charge is 0.416 e. The lowest BCUT2D eigenvalue weighted by molar-refractivity contribution is -0.139. The summed E-state index contributed by atoms with van der Waals surface area (Å²) in [5, 5.41) is 13.7. The second-order valence-electron chi connectivity index (χ2n) is 9.83. The monoisotopic (exact) mass is 514 g/mol. The number of fused-ring (bicyclic) bond motifs is 1. The first-order valence-corrected chi connectivity index (χ1v) is 12.6. The Bertz CT molecular complexity index is 1390. The number of hydrogen-bond donors (Lipinski definition) is 0. The highest BCUT2D eigenvalue weighted by atomic mass is 19.4. The van der Waals surface area contributed by atoms with Crippen LogP contribution in [-0.4, -0.2) is 44.4 Å². The summed E-state index contributed by atoms with van der Waals surface area (Å²) >= 11 is 0. The Labute approximate surface area is 214 Å². The van der Waals surface area contributed by atoms with Crippen molar-refractivity contribution in [1.82, 2.24) is 19.2 Å². The minimum absolute atomic E-state index is 0.0270. The second-order valence-corrected chi connectivity index (χ2v) is 9.83. The summed E-state index contributed by atoms with van der Waals surface area (Å²) in [4.78, 5) is 17.2. The summed E-state index contributed by atoms with van der Waals surface area (Å²) in [5.41, 5.74) is 1.79. The van der Waals surface area contributed by atoms with E-state index in [9.17, 15) is 18.0 Å². The molecule has 3 atom stereocenters. The molecule has 0 aliphatic carbocycles. The number of pyridine rings is 1. The molecule has 0 amide bonds. The molecule has 37 heavy (non-hydrogen) atoms. The molecule has 10 heteroatoms. The van der Waals surface area contributed by atoms with Crippen LogP contribution in [0.5, 0.6) is 0 Å². The van der Waals surface area contributed by atoms with Gasteiger partial charge in [0.1, 0.15) is 12.1 Å². The molecule has 0 N–H and O–H groups in total. The van der Waals surface area contributed by atoms with Crippen LogP contribution in [0.2, 0.25) is 0 Å². The normalized spacial score (nSPS) is 19.8. The Kier molecular flexibility index (Phi) is 7.38. The number of nitrogens with zero attached hydrogens (tertiary/aromatic N) is 6. The number of benzene rings is 1. The average Bonchev–Trinajstić information content (AvgIpc) is 3.28. The summed E-state index contributed by atoms with van der Waals surface area (Å²) in [7, 11) is 1.68. The first kappa shape index (κ1) is 26.7. The highest BCUT2D eigenvalue weighted by Crippen LogP contribution is 2.40. The molecule has 1 aliphatic rings. The number of aromatic nitrogens is 3. The van der Waals surface area contributed by atoms with Crippen LogP contribution in [0, 0.1) is 18.3 Å². The Morgan fingerprint density at radius 2 is 1.89 bits per heavy atom. The van der Waals surface area contributed by atoms with Gasteiger partial charge < -0.3 is 9.47 Å². The summed E-state index contributed by atoms with van der Waals surface area (Å²) in [6.07, 6.45) is -1.24. The van der Waals surface area contributed by atoms with Crippen LogP contribution in [0.4, 0.5) is 18.9 Å². The molecular weight excluding hydrogens is 481 g/mol. The van der Waals surface area contributed by atoms with E-state index in [1.54, 1.807) is 31.4 Å². The van der Waals surface area contributed by atoms with Crippen molar-refractivity contribution in [3.8, 4) is 6.07 Å². The van der Waals surface area contributed by atoms with Crippen molar-refractivity contribution in [3.05, 3.63) is 57.5 Å². The molecule has 7 nitrogen and oxygen atoms in total. The SMILES string of the molecule is CC[C@H]1CN([C@@H](C)c2cccc(C)c2C(F)(F)F)[C@H](CC)CN1c1cc(=O)n(C)c2cn(CC#N)nc12. The van der Waals surface area contributed by atoms with E-state index in [1.807, 2.05) is 20.8 Å². The van der Waals surface area contributed by atoms with Crippen LogP contribution in [0.15, 0.2) is 35.3 Å². The van der Waals surface area contributed by atoms with Gasteiger partial charge in [0.05, 0.1) is 29.0 Å². The number of anilines is 1. The van der Waals surface area contributed by atoms with Crippen molar-refractivity contribution < 1.29 is 13.2 Å². The molecule has 0 bridgehead atoms. The minimum atomic E-state index is -4.43. The second kappa shape index (κ2) is 10.2. The van der Waals surface area contributed by atoms with Crippen LogP contribution < -0.4 is 10.5 Å². The predicted octanol–water partition coefficient (Wildman–Crippen LogP) is 5.03. The molecule has 1 aromatic carbocycles. The Morgan fingerprint density at radius 3 is 2.51 bits per heavy atom. The maximum absolute atomic E-state index is 14.0. The zero-order valence-corrected chi connectivity index (χ0v) is 21.9. The molecule has 0 radical (unpaired) electrons. The van der Waals surface area contributed by atoms with Gasteiger partial charge in [-0.1, -0.05) is 32.0 Å². The Morgan fingerprint density at radius 1 is 1.19 bits per heavy atom. The third kappa shape index (κ3) is 4.85. The summed E-state index contributed by atoms with van der Waals surface area (Å²) < 4.78 is 45.1. The van der Waals surface area contributed by atoms with Gasteiger partial charge in [0.15, 0.2) is 0 Å². The van der Waals surface area contributed by atoms with E-state index >= 15 is 0 Å². The molecule has 3 aromatic rings. The molecule has 4 rings (SSSR count). The Balaban J connectivity index is 1.76. The zero-order valence-electron chi connectivity index (χ0n) is 21.9. The topological polar surface area (TPSA) is 70.1 Å². The number of alkyl halides is 3. The van der Waals surface area contributed by atoms with E-state index in [0.717, 1.165) is 12.8 Å². The lowest BCUT2D eigenvalue weighted by atomic mass is 9.92. The maximum Gasteiger partial charge on any atom is 0.416 e. The van der Waals surface area contributed by atoms with Gasteiger partial charge in [-0.3, -0.25) is 14.4 Å². The van der Waals surface area contributed by atoms with Crippen LogP contribution in [0.25, 0.3) is 11.0 Å². The van der Waals surface area contributed by atoms with Crippen molar-refractivity contribution in [3.63, 3.8) is 0 Å². The molecule has 0 unspecified atom stereocenters. The van der Waals surface area contributed by atoms with Crippen LogP contribution in [0.1, 0.15) is 56.3 Å². The van der Waals surface area contributed by atoms with Gasteiger partial charge in [0, 0.05) is 44.3 Å². The van der Waals surface area contributed by atoms with Crippen LogP contribution in [0.3, 0.4) is 0 Å². The van der Waals surface area contributed by atoms with Gasteiger partial charge in [0.25, 0.3) is 5.56 Å². The minimum Gasteiger partial charge on any atom is -0.364 e. The molecule has 0 spiro atoms. The van der Waals surface area contributed by atoms with Crippen molar-refractivity contribution in [2.75, 3.05) is 18.0 Å². The van der Waals surface area contributed by atoms with Crippen molar-refractivity contribution in [2.24, 2.45) is 7.05 Å². The van der Waals surface area contributed by atoms with E-state index in [2.05, 4.69) is 21.0 Å². The lowest BCUT2D eigenvalue weighted by Gasteiger charge is -2.49. The quantitative estimate of drug-likeness (QED) is 0.462. The van der Waals surface area contributed by atoms with Gasteiger partial charge in [-0.2, -0.15) is 23.5 Å². The van der Waals surface area contributed by atoms with Gasteiger partial charge in [-0.25, -0.2) is 0 Å². The van der Waals surface area contributed by atoms with E-state index < -0.39 is 17.8 Å². The number of halogens is 3. The number of hydrogen-bond acceptors (Lipinski definition) is 5. The Hall–Kier alpha value is -3.32. The van der Waals surface area contributed by atoms with Gasteiger partial charge in [0.2, 0.25) is 0 Å². The number of nitriles is 1. The third-order valence-corrected chi connectivity index (χ3v) is 7.70. The maximum atomic E-state index is 14.0. The number of rotatable bonds is 6. The molecule has 1 fully saturated rings. The van der Waals surface area contributed by atoms with Crippen LogP contribution >= 0.6 is 0 Å². The lowest BCUT2D eigenvalue weighted by Crippen LogP contribution is -2.59. The van der Waals surface area contributed by atoms with E-state index in [1.165, 1.54) is 22.2 Å². The zero-order chi connectivity index (χ0) is 27.1. The third-order valence-electron chi connectivity index (χ3n) is 7.70. The van der Waals surface area contributed by atoms with E-state index in [4.69, 9.17) is 5.26 Å². The van der Waals surface area contributed by atoms with Gasteiger partial charge in [-0.15, -0.1) is 0 Å². The fraction of sp³-hybridized carbons (Fsp3) is 0.519. The molecule has 1 aliphatic heterocycles. The van der Waals surface area contributed by atoms with Crippen LogP contribution in [-0.2, 0) is 19.8 Å². The predicted molar refractivity (Wildman–Crippen MR) is 137 cm³/mol. The molecular formula is C27H33F3N6O. The summed E-state index contributed by atoms with van der Waals surface area (Å²) in [6, 6.07) is 7.97. The highest BCUT2D eigenvalue weighted by molar-refractivity contribution is 5.88. The molecule has 3 heterocycles. The molecule has 198 valence electrons. The van der Waals surface area contributed by atoms with Gasteiger partial charge in [-0.05, 0) is 37.8 Å². The highest BCUT2D eigenvalue weighted by Gasteiger charge is 2.41. The standard InChI is InChI=1S/C27H33F3N6O/c1-6-19-15-36(22-13-24(37)33(5)23-16-34(12-11-31)32-26(22)23)20(7-2)14-35(19)18(4)21-10-8-9-17(3)25(21)27(28,29)30/h8-10,13,16,18-20H,6-7,12,14-15H2,1-5H3/t18-,19+,20-/m0/s1. The number of piperazine rings is 1. The molecule has 2 aromatic heterocycles.